The molecule has 0 bridgehead atoms. The van der Waals surface area contributed by atoms with E-state index >= 15 is 0 Å². The summed E-state index contributed by atoms with van der Waals surface area (Å²) in [7, 11) is 0. The van der Waals surface area contributed by atoms with Gasteiger partial charge < -0.3 is 4.18 Å². The summed E-state index contributed by atoms with van der Waals surface area (Å²) in [5.74, 6) is 0.569. The lowest BCUT2D eigenvalue weighted by Gasteiger charge is -2.27. The molecular formula is C27H41F5O2S. The highest BCUT2D eigenvalue weighted by Gasteiger charge is 2.28. The van der Waals surface area contributed by atoms with Crippen molar-refractivity contribution in [1.29, 1.82) is 0 Å². The van der Waals surface area contributed by atoms with Crippen LogP contribution in [0.1, 0.15) is 88.2 Å². The van der Waals surface area contributed by atoms with E-state index in [2.05, 4.69) is 31.2 Å². The third-order valence-electron chi connectivity index (χ3n) is 6.29. The number of benzene rings is 2. The maximum Gasteiger partial charge on any atom is 0.321 e. The topological polar surface area (TPSA) is 26.3 Å². The first-order valence-corrected chi connectivity index (χ1v) is 12.5. The molecule has 8 heteroatoms. The van der Waals surface area contributed by atoms with Gasteiger partial charge in [-0.3, -0.25) is 28.3 Å². The summed E-state index contributed by atoms with van der Waals surface area (Å²) in [4.78, 5) is 13.4. The van der Waals surface area contributed by atoms with Gasteiger partial charge in [-0.05, 0) is 67.7 Å². The summed E-state index contributed by atoms with van der Waals surface area (Å²) in [6.07, 6.45) is 13.3. The monoisotopic (exact) mass is 524 g/mol. The Balaban J connectivity index is -0.00000205. The fourth-order valence-corrected chi connectivity index (χ4v) is 4.94. The molecule has 0 unspecified atom stereocenters. The zero-order chi connectivity index (χ0) is 21.0. The van der Waals surface area contributed by atoms with Crippen LogP contribution in [0.5, 0.6) is 0 Å². The SMILES string of the molecule is CCCCCCCCc1ccc(C2CCC(C(=O)OSc3ccccc3)CC2)cc1.F.F.F.F.F. The third kappa shape index (κ3) is 13.0. The van der Waals surface area contributed by atoms with E-state index in [9.17, 15) is 4.79 Å². The molecular weight excluding hydrogens is 483 g/mol. The van der Waals surface area contributed by atoms with Crippen molar-refractivity contribution in [3.05, 3.63) is 65.7 Å². The number of carbonyl (C=O) groups is 1. The van der Waals surface area contributed by atoms with Crippen molar-refractivity contribution >= 4 is 18.0 Å². The van der Waals surface area contributed by atoms with E-state index in [1.807, 2.05) is 30.3 Å². The van der Waals surface area contributed by atoms with Crippen molar-refractivity contribution in [3.8, 4) is 0 Å². The molecule has 35 heavy (non-hydrogen) atoms. The number of rotatable bonds is 11. The van der Waals surface area contributed by atoms with Gasteiger partial charge in [0.15, 0.2) is 0 Å². The Labute approximate surface area is 210 Å². The predicted molar refractivity (Wildman–Crippen MR) is 139 cm³/mol. The number of unbranched alkanes of at least 4 members (excludes halogenated alkanes) is 5. The number of carbonyl (C=O) groups excluding carboxylic acids is 1. The van der Waals surface area contributed by atoms with Gasteiger partial charge in [0.25, 0.3) is 0 Å². The molecule has 0 atom stereocenters. The lowest BCUT2D eigenvalue weighted by molar-refractivity contribution is -0.138. The van der Waals surface area contributed by atoms with Crippen LogP contribution in [0, 0.1) is 5.92 Å². The van der Waals surface area contributed by atoms with Crippen molar-refractivity contribution < 1.29 is 32.5 Å². The van der Waals surface area contributed by atoms with Crippen LogP contribution in [0.4, 0.5) is 23.5 Å². The fraction of sp³-hybridized carbons (Fsp3) is 0.519. The van der Waals surface area contributed by atoms with E-state index < -0.39 is 0 Å². The molecule has 2 nitrogen and oxygen atoms in total. The molecule has 1 aliphatic rings. The molecule has 0 aromatic heterocycles. The molecule has 0 heterocycles. The minimum Gasteiger partial charge on any atom is -0.386 e. The average molecular weight is 525 g/mol. The van der Waals surface area contributed by atoms with Gasteiger partial charge in [0.2, 0.25) is 0 Å². The van der Waals surface area contributed by atoms with Gasteiger partial charge in [0.05, 0.1) is 18.0 Å². The Morgan fingerprint density at radius 3 is 1.94 bits per heavy atom. The van der Waals surface area contributed by atoms with Crippen LogP contribution in [0.25, 0.3) is 0 Å². The van der Waals surface area contributed by atoms with Crippen LogP contribution in [0.15, 0.2) is 59.5 Å². The number of hydrogen-bond acceptors (Lipinski definition) is 3. The van der Waals surface area contributed by atoms with E-state index in [1.54, 1.807) is 0 Å². The molecule has 202 valence electrons. The van der Waals surface area contributed by atoms with Gasteiger partial charge in [0, 0.05) is 4.90 Å². The zero-order valence-electron chi connectivity index (χ0n) is 20.4. The van der Waals surface area contributed by atoms with Gasteiger partial charge in [0.1, 0.15) is 0 Å². The highest BCUT2D eigenvalue weighted by molar-refractivity contribution is 7.95. The third-order valence-corrected chi connectivity index (χ3v) is 7.01. The Morgan fingerprint density at radius 1 is 0.771 bits per heavy atom. The maximum atomic E-state index is 12.4. The highest BCUT2D eigenvalue weighted by atomic mass is 32.2. The summed E-state index contributed by atoms with van der Waals surface area (Å²) >= 11 is 1.18. The second-order valence-electron chi connectivity index (χ2n) is 8.61. The van der Waals surface area contributed by atoms with E-state index in [1.165, 1.54) is 68.1 Å². The molecule has 1 fully saturated rings. The van der Waals surface area contributed by atoms with Crippen molar-refractivity contribution in [2.75, 3.05) is 0 Å². The summed E-state index contributed by atoms with van der Waals surface area (Å²) < 4.78 is 5.47. The molecule has 3 rings (SSSR count). The van der Waals surface area contributed by atoms with Crippen LogP contribution < -0.4 is 0 Å². The second kappa shape index (κ2) is 21.2. The first kappa shape index (κ1) is 37.5. The van der Waals surface area contributed by atoms with Crippen LogP contribution in [0.2, 0.25) is 0 Å². The molecule has 2 aromatic rings. The average Bonchev–Trinajstić information content (AvgIpc) is 2.81. The Hall–Kier alpha value is -2.09. The van der Waals surface area contributed by atoms with Gasteiger partial charge in [-0.1, -0.05) is 81.5 Å². The minimum absolute atomic E-state index is 0. The molecule has 0 aliphatic heterocycles. The largest absolute Gasteiger partial charge is 0.386 e. The first-order chi connectivity index (χ1) is 14.8. The second-order valence-corrected chi connectivity index (χ2v) is 9.41. The molecule has 2 aromatic carbocycles. The number of hydrogen-bond donors (Lipinski definition) is 0. The Bertz CT molecular complexity index is 754. The summed E-state index contributed by atoms with van der Waals surface area (Å²) in [6, 6.07) is 19.1. The summed E-state index contributed by atoms with van der Waals surface area (Å²) in [6.45, 7) is 2.27. The quantitative estimate of drug-likeness (QED) is 0.167. The van der Waals surface area contributed by atoms with Gasteiger partial charge in [-0.25, -0.2) is 0 Å². The molecule has 1 aliphatic carbocycles. The first-order valence-electron chi connectivity index (χ1n) is 11.8. The van der Waals surface area contributed by atoms with Gasteiger partial charge in [-0.2, -0.15) is 0 Å². The molecule has 0 amide bonds. The summed E-state index contributed by atoms with van der Waals surface area (Å²) in [5, 5.41) is 0. The van der Waals surface area contributed by atoms with Crippen LogP contribution >= 0.6 is 12.0 Å². The van der Waals surface area contributed by atoms with Crippen molar-refractivity contribution in [1.82, 2.24) is 0 Å². The number of halogens is 5. The lowest BCUT2D eigenvalue weighted by atomic mass is 9.78. The number of aryl methyl sites for hydroxylation is 1. The van der Waals surface area contributed by atoms with Crippen molar-refractivity contribution in [2.24, 2.45) is 5.92 Å². The Morgan fingerprint density at radius 2 is 1.34 bits per heavy atom. The van der Waals surface area contributed by atoms with E-state index in [0.717, 1.165) is 30.6 Å². The lowest BCUT2D eigenvalue weighted by Crippen LogP contribution is -2.21. The van der Waals surface area contributed by atoms with Gasteiger partial charge >= 0.3 is 5.97 Å². The standard InChI is InChI=1S/C27H36O2S.5FH/c1-2-3-4-5-6-8-11-22-14-16-23(17-15-22)24-18-20-25(21-19-24)27(28)29-30-26-12-9-7-10-13-26;;;;;/h7,9-10,12-17,24-25H,2-6,8,11,18-21H2,1H3;5*1H. The van der Waals surface area contributed by atoms with Crippen molar-refractivity contribution in [2.45, 2.75) is 88.4 Å². The van der Waals surface area contributed by atoms with E-state index in [-0.39, 0.29) is 35.4 Å². The van der Waals surface area contributed by atoms with Crippen LogP contribution in [0.3, 0.4) is 0 Å². The van der Waals surface area contributed by atoms with Crippen molar-refractivity contribution in [3.63, 3.8) is 0 Å². The van der Waals surface area contributed by atoms with Gasteiger partial charge in [-0.15, -0.1) is 0 Å². The maximum absolute atomic E-state index is 12.4. The fourth-order valence-electron chi connectivity index (χ4n) is 4.36. The Kier molecular flexibility index (Phi) is 22.7. The smallest absolute Gasteiger partial charge is 0.321 e. The predicted octanol–water partition coefficient (Wildman–Crippen LogP) is 8.88. The molecule has 0 N–H and O–H groups in total. The zero-order valence-corrected chi connectivity index (χ0v) is 21.2. The van der Waals surface area contributed by atoms with E-state index in [0.29, 0.717) is 5.92 Å². The summed E-state index contributed by atoms with van der Waals surface area (Å²) in [5.41, 5.74) is 2.90. The molecule has 0 spiro atoms. The molecule has 0 saturated heterocycles. The molecule has 0 radical (unpaired) electrons. The van der Waals surface area contributed by atoms with Crippen LogP contribution in [-0.4, -0.2) is 5.97 Å². The minimum atomic E-state index is -0.0587. The normalized spacial score (nSPS) is 16.1. The molecule has 1 saturated carbocycles. The highest BCUT2D eigenvalue weighted by Crippen LogP contribution is 2.37. The van der Waals surface area contributed by atoms with E-state index in [4.69, 9.17) is 4.18 Å². The van der Waals surface area contributed by atoms with Crippen LogP contribution in [-0.2, 0) is 15.4 Å².